The van der Waals surface area contributed by atoms with Gasteiger partial charge in [-0.25, -0.2) is 0 Å². The topological polar surface area (TPSA) is 147 Å². The molecule has 0 radical (unpaired) electrons. The first-order valence-corrected chi connectivity index (χ1v) is 15.6. The van der Waals surface area contributed by atoms with Crippen LogP contribution in [0.2, 0.25) is 0 Å². The van der Waals surface area contributed by atoms with Gasteiger partial charge in [-0.2, -0.15) is 0 Å². The molecule has 0 saturated carbocycles. The highest BCUT2D eigenvalue weighted by atomic mass is 16.5. The van der Waals surface area contributed by atoms with E-state index in [9.17, 15) is 15.3 Å². The molecule has 13 heteroatoms. The van der Waals surface area contributed by atoms with Gasteiger partial charge < -0.3 is 43.7 Å². The van der Waals surface area contributed by atoms with Gasteiger partial charge in [-0.15, -0.1) is 0 Å². The Balaban J connectivity index is 1.46. The Hall–Kier alpha value is -4.88. The van der Waals surface area contributed by atoms with Crippen molar-refractivity contribution in [3.8, 4) is 51.7 Å². The van der Waals surface area contributed by atoms with Crippen LogP contribution in [0.1, 0.15) is 35.7 Å². The molecule has 1 aliphatic heterocycles. The molecule has 260 valence electrons. The van der Waals surface area contributed by atoms with Gasteiger partial charge in [0.05, 0.1) is 65.5 Å². The Bertz CT molecular complexity index is 1490. The van der Waals surface area contributed by atoms with E-state index in [1.54, 1.807) is 50.9 Å². The minimum atomic E-state index is -0.254. The van der Waals surface area contributed by atoms with E-state index in [1.165, 1.54) is 40.6 Å². The second kappa shape index (κ2) is 17.3. The lowest BCUT2D eigenvalue weighted by atomic mass is 10.1. The van der Waals surface area contributed by atoms with Crippen LogP contribution in [-0.2, 0) is 0 Å². The van der Waals surface area contributed by atoms with Gasteiger partial charge in [0.1, 0.15) is 51.7 Å². The maximum Gasteiger partial charge on any atom is 0.135 e. The number of phenolic OH excluding ortho intramolecular Hbond substituents is 3. The van der Waals surface area contributed by atoms with E-state index in [0.29, 0.717) is 77.4 Å². The van der Waals surface area contributed by atoms with Crippen LogP contribution in [0.25, 0.3) is 0 Å². The van der Waals surface area contributed by atoms with E-state index in [-0.39, 0.29) is 23.4 Å². The molecule has 0 amide bonds. The zero-order valence-electron chi connectivity index (χ0n) is 28.4. The lowest BCUT2D eigenvalue weighted by Crippen LogP contribution is -2.33. The molecular weight excluding hydrogens is 620 g/mol. The number of hydrogen-bond acceptors (Lipinski definition) is 13. The zero-order chi connectivity index (χ0) is 34.6. The smallest absolute Gasteiger partial charge is 0.135 e. The first kappa shape index (κ1) is 36.0. The molecule has 1 saturated heterocycles. The summed E-state index contributed by atoms with van der Waals surface area (Å²) in [5, 5.41) is 32.1. The Morgan fingerprint density at radius 2 is 0.979 bits per heavy atom. The van der Waals surface area contributed by atoms with E-state index < -0.39 is 0 Å². The lowest BCUT2D eigenvalue weighted by molar-refractivity contribution is 0.130. The second-order valence-corrected chi connectivity index (χ2v) is 11.0. The van der Waals surface area contributed by atoms with Crippen molar-refractivity contribution in [3.63, 3.8) is 0 Å². The molecule has 13 nitrogen and oxygen atoms in total. The fourth-order valence-corrected chi connectivity index (χ4v) is 5.75. The highest BCUT2D eigenvalue weighted by Crippen LogP contribution is 2.43. The molecule has 0 bridgehead atoms. The van der Waals surface area contributed by atoms with E-state index in [1.807, 2.05) is 0 Å². The number of methoxy groups -OCH3 is 6. The third-order valence-electron chi connectivity index (χ3n) is 8.18. The van der Waals surface area contributed by atoms with Crippen molar-refractivity contribution >= 4 is 12.4 Å². The van der Waals surface area contributed by atoms with Crippen LogP contribution >= 0.6 is 0 Å². The first-order chi connectivity index (χ1) is 23.3. The largest absolute Gasteiger partial charge is 0.507 e. The van der Waals surface area contributed by atoms with E-state index in [2.05, 4.69) is 19.8 Å². The Morgan fingerprint density at radius 1 is 0.583 bits per heavy atom. The number of phenols is 3. The number of ether oxygens (including phenoxy) is 6. The second-order valence-electron chi connectivity index (χ2n) is 11.0. The number of aliphatic imine (C=N–C) groups is 2. The predicted octanol–water partition coefficient (Wildman–Crippen LogP) is 4.49. The van der Waals surface area contributed by atoms with Crippen LogP contribution < -0.4 is 28.4 Å². The third kappa shape index (κ3) is 8.52. The number of nitrogens with zero attached hydrogens (tertiary/aromatic N) is 4. The van der Waals surface area contributed by atoms with E-state index in [4.69, 9.17) is 28.4 Å². The molecule has 1 heterocycles. The predicted molar refractivity (Wildman–Crippen MR) is 184 cm³/mol. The molecule has 0 atom stereocenters. The van der Waals surface area contributed by atoms with Gasteiger partial charge in [0, 0.05) is 88.1 Å². The van der Waals surface area contributed by atoms with Gasteiger partial charge in [-0.3, -0.25) is 19.8 Å². The quantitative estimate of drug-likeness (QED) is 0.138. The average molecular weight is 667 g/mol. The minimum absolute atomic E-state index is 0.0246. The van der Waals surface area contributed by atoms with Crippen LogP contribution in [0.4, 0.5) is 0 Å². The van der Waals surface area contributed by atoms with Gasteiger partial charge in [0.2, 0.25) is 0 Å². The number of aromatic hydroxyl groups is 3. The highest BCUT2D eigenvalue weighted by Gasteiger charge is 2.36. The summed E-state index contributed by atoms with van der Waals surface area (Å²) in [6, 6.07) is 9.82. The fourth-order valence-electron chi connectivity index (χ4n) is 5.75. The monoisotopic (exact) mass is 666 g/mol. The van der Waals surface area contributed by atoms with Crippen molar-refractivity contribution in [2.45, 2.75) is 19.0 Å². The van der Waals surface area contributed by atoms with Crippen LogP contribution in [-0.4, -0.2) is 119 Å². The van der Waals surface area contributed by atoms with Crippen molar-refractivity contribution < 1.29 is 43.7 Å². The van der Waals surface area contributed by atoms with Gasteiger partial charge >= 0.3 is 0 Å². The summed E-state index contributed by atoms with van der Waals surface area (Å²) < 4.78 is 32.3. The molecule has 4 rings (SSSR count). The van der Waals surface area contributed by atoms with Crippen LogP contribution in [0.3, 0.4) is 0 Å². The SMILES string of the molecule is COc1cc(O)c(C=NCCCN2CCN(CCCN=Cc3c(O)cc(OC)cc3OC)C2c2c(O)cc(OC)cc2OC)c(OC)c1. The molecule has 3 aromatic rings. The Kier molecular flexibility index (Phi) is 13.0. The summed E-state index contributed by atoms with van der Waals surface area (Å²) in [6.45, 7) is 3.98. The van der Waals surface area contributed by atoms with Crippen LogP contribution in [0.15, 0.2) is 46.4 Å². The average Bonchev–Trinajstić information content (AvgIpc) is 3.49. The normalized spacial score (nSPS) is 15.3. The summed E-state index contributed by atoms with van der Waals surface area (Å²) in [7, 11) is 9.24. The van der Waals surface area contributed by atoms with Crippen molar-refractivity contribution in [1.82, 2.24) is 9.80 Å². The summed E-state index contributed by atoms with van der Waals surface area (Å²) in [4.78, 5) is 13.7. The summed E-state index contributed by atoms with van der Waals surface area (Å²) in [5.74, 6) is 3.10. The van der Waals surface area contributed by atoms with E-state index >= 15 is 0 Å². The van der Waals surface area contributed by atoms with Crippen LogP contribution in [0.5, 0.6) is 51.7 Å². The zero-order valence-corrected chi connectivity index (χ0v) is 28.4. The first-order valence-electron chi connectivity index (χ1n) is 15.6. The maximum absolute atomic E-state index is 11.2. The highest BCUT2D eigenvalue weighted by molar-refractivity contribution is 5.88. The number of hydrogen-bond donors (Lipinski definition) is 3. The summed E-state index contributed by atoms with van der Waals surface area (Å²) >= 11 is 0. The van der Waals surface area contributed by atoms with Crippen molar-refractivity contribution in [2.75, 3.05) is 81.9 Å². The Labute approximate surface area is 281 Å². The van der Waals surface area contributed by atoms with Gasteiger partial charge in [-0.05, 0) is 12.8 Å². The fraction of sp³-hybridized carbons (Fsp3) is 0.429. The molecule has 48 heavy (non-hydrogen) atoms. The van der Waals surface area contributed by atoms with Crippen molar-refractivity contribution in [1.29, 1.82) is 0 Å². The molecule has 0 aliphatic carbocycles. The lowest BCUT2D eigenvalue weighted by Gasteiger charge is -2.32. The standard InChI is InChI=1S/C35H46N4O9/c1-43-23-15-28(40)26(31(18-23)46-4)21-36-9-7-11-38-13-14-39(35(38)34-30(42)17-25(45-3)20-33(34)48-6)12-8-10-37-22-27-29(41)16-24(44-2)19-32(27)47-5/h15-22,35,40-42H,7-14H2,1-6H3. The molecule has 0 spiro atoms. The summed E-state index contributed by atoms with van der Waals surface area (Å²) in [5.41, 5.74) is 1.64. The maximum atomic E-state index is 11.2. The van der Waals surface area contributed by atoms with Gasteiger partial charge in [0.15, 0.2) is 0 Å². The number of benzene rings is 3. The Morgan fingerprint density at radius 3 is 1.38 bits per heavy atom. The van der Waals surface area contributed by atoms with Gasteiger partial charge in [0.25, 0.3) is 0 Å². The van der Waals surface area contributed by atoms with Crippen molar-refractivity contribution in [3.05, 3.63) is 53.1 Å². The molecule has 3 N–H and O–H groups in total. The molecule has 1 aliphatic rings. The molecule has 0 unspecified atom stereocenters. The summed E-state index contributed by atoms with van der Waals surface area (Å²) in [6.07, 6.45) is 4.44. The van der Waals surface area contributed by atoms with Crippen LogP contribution in [0, 0.1) is 0 Å². The van der Waals surface area contributed by atoms with Gasteiger partial charge in [-0.1, -0.05) is 0 Å². The third-order valence-corrected chi connectivity index (χ3v) is 8.18. The van der Waals surface area contributed by atoms with E-state index in [0.717, 1.165) is 25.9 Å². The molecule has 1 fully saturated rings. The number of rotatable bonds is 17. The molecular formula is C35H46N4O9. The minimum Gasteiger partial charge on any atom is -0.507 e. The molecule has 3 aromatic carbocycles. The van der Waals surface area contributed by atoms with Crippen molar-refractivity contribution in [2.24, 2.45) is 9.98 Å². The molecule has 0 aromatic heterocycles.